The molecule has 1 aromatic carbocycles. The Morgan fingerprint density at radius 2 is 2.12 bits per heavy atom. The quantitative estimate of drug-likeness (QED) is 0.671. The summed E-state index contributed by atoms with van der Waals surface area (Å²) in [5.41, 5.74) is 6.17. The summed E-state index contributed by atoms with van der Waals surface area (Å²) in [5, 5.41) is 10.8. The molecule has 1 fully saturated rings. The molecule has 1 aliphatic carbocycles. The molecule has 6 heteroatoms. The lowest BCUT2D eigenvalue weighted by Crippen LogP contribution is -2.27. The number of nitro benzene ring substituents is 1. The van der Waals surface area contributed by atoms with Gasteiger partial charge in [0.25, 0.3) is 5.69 Å². The number of nitrogens with two attached hydrogens (primary N) is 1. The summed E-state index contributed by atoms with van der Waals surface area (Å²) < 4.78 is 13.1. The van der Waals surface area contributed by atoms with Gasteiger partial charge in [-0.2, -0.15) is 0 Å². The van der Waals surface area contributed by atoms with E-state index < -0.39 is 16.8 Å². The van der Waals surface area contributed by atoms with Gasteiger partial charge in [-0.1, -0.05) is 6.42 Å². The number of rotatable bonds is 3. The molecule has 0 radical (unpaired) electrons. The van der Waals surface area contributed by atoms with Crippen molar-refractivity contribution in [1.29, 1.82) is 0 Å². The van der Waals surface area contributed by atoms with Crippen LogP contribution >= 0.6 is 12.4 Å². The van der Waals surface area contributed by atoms with Gasteiger partial charge in [0.15, 0.2) is 0 Å². The smallest absolute Gasteiger partial charge is 0.274 e. The molecule has 0 saturated heterocycles. The highest BCUT2D eigenvalue weighted by atomic mass is 35.5. The van der Waals surface area contributed by atoms with E-state index >= 15 is 0 Å². The Bertz CT molecular complexity index is 424. The molecule has 1 saturated carbocycles. The van der Waals surface area contributed by atoms with E-state index in [1.165, 1.54) is 12.1 Å². The number of hydrogen-bond donors (Lipinski definition) is 1. The van der Waals surface area contributed by atoms with Crippen molar-refractivity contribution in [2.45, 2.75) is 25.3 Å². The molecule has 1 atom stereocenters. The Balaban J connectivity index is 0.00000144. The number of nitrogens with zero attached hydrogens (tertiary/aromatic N) is 1. The molecule has 0 aliphatic heterocycles. The van der Waals surface area contributed by atoms with E-state index in [0.717, 1.165) is 25.3 Å². The van der Waals surface area contributed by atoms with Crippen molar-refractivity contribution < 1.29 is 9.31 Å². The third-order valence-corrected chi connectivity index (χ3v) is 3.20. The second-order valence-corrected chi connectivity index (χ2v) is 4.18. The van der Waals surface area contributed by atoms with Crippen LogP contribution in [0.1, 0.15) is 30.9 Å². The van der Waals surface area contributed by atoms with E-state index in [-0.39, 0.29) is 24.0 Å². The second-order valence-electron chi connectivity index (χ2n) is 4.18. The SMILES string of the molecule is Cl.N[C@@H](c1cc(F)ccc1[N+](=O)[O-])C1CCC1. The lowest BCUT2D eigenvalue weighted by atomic mass is 9.77. The van der Waals surface area contributed by atoms with Gasteiger partial charge >= 0.3 is 0 Å². The Morgan fingerprint density at radius 3 is 2.59 bits per heavy atom. The summed E-state index contributed by atoms with van der Waals surface area (Å²) in [5.74, 6) is -0.226. The summed E-state index contributed by atoms with van der Waals surface area (Å²) in [6.45, 7) is 0. The van der Waals surface area contributed by atoms with Gasteiger partial charge in [0.1, 0.15) is 5.82 Å². The van der Waals surface area contributed by atoms with Crippen LogP contribution < -0.4 is 5.73 Å². The van der Waals surface area contributed by atoms with Crippen molar-refractivity contribution in [3.63, 3.8) is 0 Å². The molecule has 0 aromatic heterocycles. The summed E-state index contributed by atoms with van der Waals surface area (Å²) in [6, 6.07) is 3.03. The normalized spacial score (nSPS) is 16.8. The second kappa shape index (κ2) is 5.42. The first-order chi connectivity index (χ1) is 7.59. The van der Waals surface area contributed by atoms with E-state index in [1.807, 2.05) is 0 Å². The van der Waals surface area contributed by atoms with Crippen LogP contribution in [0.15, 0.2) is 18.2 Å². The molecule has 94 valence electrons. The molecule has 2 rings (SSSR count). The Morgan fingerprint density at radius 1 is 1.47 bits per heavy atom. The molecule has 2 N–H and O–H groups in total. The van der Waals surface area contributed by atoms with Gasteiger partial charge in [0.2, 0.25) is 0 Å². The highest BCUT2D eigenvalue weighted by molar-refractivity contribution is 5.85. The molecule has 0 amide bonds. The van der Waals surface area contributed by atoms with Crippen LogP contribution in [0, 0.1) is 21.8 Å². The van der Waals surface area contributed by atoms with E-state index in [0.29, 0.717) is 5.56 Å². The molecule has 1 aromatic rings. The van der Waals surface area contributed by atoms with Crippen molar-refractivity contribution in [3.8, 4) is 0 Å². The van der Waals surface area contributed by atoms with Crippen molar-refractivity contribution in [2.75, 3.05) is 0 Å². The van der Waals surface area contributed by atoms with Crippen LogP contribution in [0.25, 0.3) is 0 Å². The zero-order chi connectivity index (χ0) is 11.7. The first-order valence-electron chi connectivity index (χ1n) is 5.29. The van der Waals surface area contributed by atoms with Crippen LogP contribution in [0.3, 0.4) is 0 Å². The summed E-state index contributed by atoms with van der Waals surface area (Å²) in [4.78, 5) is 10.3. The number of nitro groups is 1. The van der Waals surface area contributed by atoms with E-state index in [1.54, 1.807) is 0 Å². The maximum Gasteiger partial charge on any atom is 0.274 e. The third kappa shape index (κ3) is 2.73. The van der Waals surface area contributed by atoms with E-state index in [2.05, 4.69) is 0 Å². The highest BCUT2D eigenvalue weighted by Gasteiger charge is 2.30. The fourth-order valence-electron chi connectivity index (χ4n) is 2.01. The van der Waals surface area contributed by atoms with Crippen molar-refractivity contribution in [3.05, 3.63) is 39.7 Å². The molecule has 17 heavy (non-hydrogen) atoms. The zero-order valence-electron chi connectivity index (χ0n) is 9.14. The maximum atomic E-state index is 13.1. The van der Waals surface area contributed by atoms with Gasteiger partial charge in [-0.15, -0.1) is 12.4 Å². The van der Waals surface area contributed by atoms with Gasteiger partial charge < -0.3 is 5.73 Å². The van der Waals surface area contributed by atoms with Crippen LogP contribution in [-0.4, -0.2) is 4.92 Å². The number of hydrogen-bond acceptors (Lipinski definition) is 3. The zero-order valence-corrected chi connectivity index (χ0v) is 9.95. The third-order valence-electron chi connectivity index (χ3n) is 3.20. The first-order valence-corrected chi connectivity index (χ1v) is 5.29. The lowest BCUT2D eigenvalue weighted by molar-refractivity contribution is -0.385. The van der Waals surface area contributed by atoms with Gasteiger partial charge in [0.05, 0.1) is 4.92 Å². The van der Waals surface area contributed by atoms with Crippen molar-refractivity contribution in [2.24, 2.45) is 11.7 Å². The van der Waals surface area contributed by atoms with E-state index in [4.69, 9.17) is 5.73 Å². The minimum absolute atomic E-state index is 0. The van der Waals surface area contributed by atoms with Crippen LogP contribution in [0.4, 0.5) is 10.1 Å². The Hall–Kier alpha value is -1.20. The van der Waals surface area contributed by atoms with Gasteiger partial charge in [-0.05, 0) is 30.9 Å². The standard InChI is InChI=1S/C11H13FN2O2.ClH/c12-8-4-5-10(14(15)16)9(6-8)11(13)7-2-1-3-7;/h4-7,11H,1-3,13H2;1H/t11-;/m1./s1. The van der Waals surface area contributed by atoms with Gasteiger partial charge in [0, 0.05) is 17.7 Å². The summed E-state index contributed by atoms with van der Waals surface area (Å²) >= 11 is 0. The van der Waals surface area contributed by atoms with Gasteiger partial charge in [-0.25, -0.2) is 4.39 Å². The van der Waals surface area contributed by atoms with Crippen LogP contribution in [0.2, 0.25) is 0 Å². The predicted molar refractivity (Wildman–Crippen MR) is 64.6 cm³/mol. The fourth-order valence-corrected chi connectivity index (χ4v) is 2.01. The lowest BCUT2D eigenvalue weighted by Gasteiger charge is -2.31. The summed E-state index contributed by atoms with van der Waals surface area (Å²) in [6.07, 6.45) is 3.03. The average Bonchev–Trinajstić information content (AvgIpc) is 2.14. The number of benzene rings is 1. The number of halogens is 2. The molecular weight excluding hydrogens is 247 g/mol. The van der Waals surface area contributed by atoms with E-state index in [9.17, 15) is 14.5 Å². The molecule has 0 heterocycles. The van der Waals surface area contributed by atoms with Crippen LogP contribution in [-0.2, 0) is 0 Å². The minimum atomic E-state index is -0.507. The Labute approximate surface area is 105 Å². The highest BCUT2D eigenvalue weighted by Crippen LogP contribution is 2.39. The molecule has 0 bridgehead atoms. The fraction of sp³-hybridized carbons (Fsp3) is 0.455. The van der Waals surface area contributed by atoms with Gasteiger partial charge in [-0.3, -0.25) is 10.1 Å². The first kappa shape index (κ1) is 13.9. The topological polar surface area (TPSA) is 69.2 Å². The molecule has 1 aliphatic rings. The Kier molecular flexibility index (Phi) is 4.42. The molecule has 0 unspecified atom stereocenters. The van der Waals surface area contributed by atoms with Crippen molar-refractivity contribution in [1.82, 2.24) is 0 Å². The average molecular weight is 261 g/mol. The predicted octanol–water partition coefficient (Wildman–Crippen LogP) is 2.96. The molecular formula is C11H14ClFN2O2. The largest absolute Gasteiger partial charge is 0.323 e. The minimum Gasteiger partial charge on any atom is -0.323 e. The van der Waals surface area contributed by atoms with Crippen LogP contribution in [0.5, 0.6) is 0 Å². The maximum absolute atomic E-state index is 13.1. The molecule has 4 nitrogen and oxygen atoms in total. The molecule has 0 spiro atoms. The summed E-state index contributed by atoms with van der Waals surface area (Å²) in [7, 11) is 0. The van der Waals surface area contributed by atoms with Crippen molar-refractivity contribution >= 4 is 18.1 Å². The monoisotopic (exact) mass is 260 g/mol.